The van der Waals surface area contributed by atoms with Crippen molar-refractivity contribution in [1.29, 1.82) is 5.26 Å². The van der Waals surface area contributed by atoms with Crippen LogP contribution in [0.25, 0.3) is 16.7 Å². The van der Waals surface area contributed by atoms with Gasteiger partial charge in [-0.25, -0.2) is 0 Å². The van der Waals surface area contributed by atoms with Crippen molar-refractivity contribution < 1.29 is 4.74 Å². The molecule has 4 nitrogen and oxygen atoms in total. The Kier molecular flexibility index (Phi) is 4.42. The van der Waals surface area contributed by atoms with E-state index in [4.69, 9.17) is 10.00 Å². The number of benzene rings is 2. The average Bonchev–Trinajstić information content (AvgIpc) is 3.08. The monoisotopic (exact) mass is 351 g/mol. The van der Waals surface area contributed by atoms with Gasteiger partial charge in [-0.1, -0.05) is 6.08 Å². The average molecular weight is 351 g/mol. The molecule has 2 aromatic heterocycles. The zero-order chi connectivity index (χ0) is 18.6. The lowest BCUT2D eigenvalue weighted by molar-refractivity contribution is 0.482. The fourth-order valence-corrected chi connectivity index (χ4v) is 3.05. The second-order valence-electron chi connectivity index (χ2n) is 6.12. The summed E-state index contributed by atoms with van der Waals surface area (Å²) in [5.41, 5.74) is 4.86. The van der Waals surface area contributed by atoms with Crippen molar-refractivity contribution in [3.63, 3.8) is 0 Å². The Labute approximate surface area is 157 Å². The van der Waals surface area contributed by atoms with E-state index in [0.717, 1.165) is 34.5 Å². The van der Waals surface area contributed by atoms with Gasteiger partial charge in [0, 0.05) is 23.6 Å². The first kappa shape index (κ1) is 16.6. The van der Waals surface area contributed by atoms with Crippen LogP contribution in [-0.2, 0) is 6.42 Å². The number of aromatic nitrogens is 2. The Bertz CT molecular complexity index is 1130. The molecule has 0 aliphatic carbocycles. The maximum Gasteiger partial charge on any atom is 0.127 e. The van der Waals surface area contributed by atoms with E-state index in [-0.39, 0.29) is 0 Å². The molecule has 0 unspecified atom stereocenters. The van der Waals surface area contributed by atoms with Gasteiger partial charge in [0.1, 0.15) is 11.5 Å². The fourth-order valence-electron chi connectivity index (χ4n) is 3.05. The van der Waals surface area contributed by atoms with Gasteiger partial charge in [-0.2, -0.15) is 5.26 Å². The number of rotatable bonds is 5. The number of ether oxygens (including phenoxy) is 1. The van der Waals surface area contributed by atoms with Crippen LogP contribution in [0.4, 0.5) is 0 Å². The SMILES string of the molecule is C=CCc1cn(-c2ccc(Oc3ccc(C#N)cc3)cc2)c2cccnc12. The maximum absolute atomic E-state index is 8.86. The van der Waals surface area contributed by atoms with Gasteiger partial charge in [0.15, 0.2) is 0 Å². The molecule has 0 aliphatic heterocycles. The highest BCUT2D eigenvalue weighted by Crippen LogP contribution is 2.27. The van der Waals surface area contributed by atoms with Gasteiger partial charge in [-0.3, -0.25) is 4.98 Å². The van der Waals surface area contributed by atoms with E-state index >= 15 is 0 Å². The van der Waals surface area contributed by atoms with E-state index < -0.39 is 0 Å². The highest BCUT2D eigenvalue weighted by atomic mass is 16.5. The van der Waals surface area contributed by atoms with Gasteiger partial charge in [0.2, 0.25) is 0 Å². The number of allylic oxidation sites excluding steroid dienone is 1. The Hall–Kier alpha value is -3.84. The molecule has 4 heteroatoms. The number of hydrogen-bond acceptors (Lipinski definition) is 3. The van der Waals surface area contributed by atoms with Crippen molar-refractivity contribution in [2.45, 2.75) is 6.42 Å². The van der Waals surface area contributed by atoms with Crippen LogP contribution < -0.4 is 4.74 Å². The van der Waals surface area contributed by atoms with Crippen molar-refractivity contribution in [2.75, 3.05) is 0 Å². The number of pyridine rings is 1. The van der Waals surface area contributed by atoms with E-state index in [2.05, 4.69) is 34.5 Å². The van der Waals surface area contributed by atoms with Gasteiger partial charge >= 0.3 is 0 Å². The summed E-state index contributed by atoms with van der Waals surface area (Å²) < 4.78 is 7.99. The fraction of sp³-hybridized carbons (Fsp3) is 0.0435. The third-order valence-corrected chi connectivity index (χ3v) is 4.33. The van der Waals surface area contributed by atoms with Crippen molar-refractivity contribution >= 4 is 11.0 Å². The van der Waals surface area contributed by atoms with Gasteiger partial charge in [0.25, 0.3) is 0 Å². The third-order valence-electron chi connectivity index (χ3n) is 4.33. The molecule has 0 spiro atoms. The molecule has 0 fully saturated rings. The Morgan fingerprint density at radius 1 is 1.04 bits per heavy atom. The summed E-state index contributed by atoms with van der Waals surface area (Å²) in [5.74, 6) is 1.44. The molecule has 2 aromatic carbocycles. The van der Waals surface area contributed by atoms with E-state index in [1.54, 1.807) is 24.3 Å². The van der Waals surface area contributed by atoms with Crippen LogP contribution in [0.15, 0.2) is 85.7 Å². The first-order valence-electron chi connectivity index (χ1n) is 8.63. The predicted octanol–water partition coefficient (Wildman–Crippen LogP) is 5.42. The zero-order valence-corrected chi connectivity index (χ0v) is 14.7. The van der Waals surface area contributed by atoms with Crippen LogP contribution in [-0.4, -0.2) is 9.55 Å². The summed E-state index contributed by atoms with van der Waals surface area (Å²) in [5, 5.41) is 8.86. The van der Waals surface area contributed by atoms with Crippen LogP contribution in [0.5, 0.6) is 11.5 Å². The lowest BCUT2D eigenvalue weighted by Gasteiger charge is -2.08. The topological polar surface area (TPSA) is 50.8 Å². The second kappa shape index (κ2) is 7.19. The van der Waals surface area contributed by atoms with Crippen molar-refractivity contribution in [2.24, 2.45) is 0 Å². The molecule has 0 atom stereocenters. The number of fused-ring (bicyclic) bond motifs is 1. The molecule has 4 aromatic rings. The maximum atomic E-state index is 8.86. The standard InChI is InChI=1S/C23H17N3O/c1-2-4-18-16-26(22-5-3-14-25-23(18)22)19-8-12-21(13-9-19)27-20-10-6-17(15-24)7-11-20/h2-3,5-14,16H,1,4H2. The molecule has 0 amide bonds. The molecular formula is C23H17N3O. The lowest BCUT2D eigenvalue weighted by atomic mass is 10.2. The smallest absolute Gasteiger partial charge is 0.127 e. The highest BCUT2D eigenvalue weighted by Gasteiger charge is 2.10. The molecule has 0 saturated carbocycles. The molecule has 0 bridgehead atoms. The highest BCUT2D eigenvalue weighted by molar-refractivity contribution is 5.81. The molecule has 27 heavy (non-hydrogen) atoms. The van der Waals surface area contributed by atoms with Crippen LogP contribution in [0.3, 0.4) is 0 Å². The molecule has 4 rings (SSSR count). The summed E-state index contributed by atoms with van der Waals surface area (Å²) in [6, 6.07) is 21.1. The first-order valence-corrected chi connectivity index (χ1v) is 8.63. The van der Waals surface area contributed by atoms with Crippen molar-refractivity contribution in [1.82, 2.24) is 9.55 Å². The summed E-state index contributed by atoms with van der Waals surface area (Å²) in [6.07, 6.45) is 6.59. The molecule has 0 aliphatic rings. The minimum absolute atomic E-state index is 0.612. The first-order chi connectivity index (χ1) is 13.3. The van der Waals surface area contributed by atoms with Gasteiger partial charge in [-0.15, -0.1) is 6.58 Å². The molecule has 0 N–H and O–H groups in total. The van der Waals surface area contributed by atoms with Gasteiger partial charge < -0.3 is 9.30 Å². The Balaban J connectivity index is 1.63. The number of nitrogens with zero attached hydrogens (tertiary/aromatic N) is 3. The minimum Gasteiger partial charge on any atom is -0.457 e. The van der Waals surface area contributed by atoms with Crippen LogP contribution in [0.2, 0.25) is 0 Å². The predicted molar refractivity (Wildman–Crippen MR) is 106 cm³/mol. The Morgan fingerprint density at radius 3 is 2.41 bits per heavy atom. The van der Waals surface area contributed by atoms with Crippen molar-refractivity contribution in [3.8, 4) is 23.3 Å². The van der Waals surface area contributed by atoms with E-state index in [9.17, 15) is 0 Å². The molecule has 2 heterocycles. The zero-order valence-electron chi connectivity index (χ0n) is 14.7. The largest absolute Gasteiger partial charge is 0.457 e. The van der Waals surface area contributed by atoms with Crippen LogP contribution in [0.1, 0.15) is 11.1 Å². The van der Waals surface area contributed by atoms with E-state index in [1.807, 2.05) is 42.6 Å². The van der Waals surface area contributed by atoms with Crippen LogP contribution in [0, 0.1) is 11.3 Å². The van der Waals surface area contributed by atoms with Crippen molar-refractivity contribution in [3.05, 3.63) is 96.8 Å². The quantitative estimate of drug-likeness (QED) is 0.451. The van der Waals surface area contributed by atoms with Crippen LogP contribution >= 0.6 is 0 Å². The minimum atomic E-state index is 0.612. The summed E-state index contributed by atoms with van der Waals surface area (Å²) in [6.45, 7) is 3.84. The normalized spacial score (nSPS) is 10.5. The number of nitriles is 1. The summed E-state index contributed by atoms with van der Waals surface area (Å²) >= 11 is 0. The summed E-state index contributed by atoms with van der Waals surface area (Å²) in [7, 11) is 0. The molecule has 130 valence electrons. The van der Waals surface area contributed by atoms with Gasteiger partial charge in [0.05, 0.1) is 22.7 Å². The third kappa shape index (κ3) is 3.31. The second-order valence-corrected chi connectivity index (χ2v) is 6.12. The Morgan fingerprint density at radius 2 is 1.74 bits per heavy atom. The van der Waals surface area contributed by atoms with E-state index in [0.29, 0.717) is 11.3 Å². The lowest BCUT2D eigenvalue weighted by Crippen LogP contribution is -1.92. The summed E-state index contributed by atoms with van der Waals surface area (Å²) in [4.78, 5) is 4.52. The molecule has 0 saturated heterocycles. The molecule has 0 radical (unpaired) electrons. The van der Waals surface area contributed by atoms with Gasteiger partial charge in [-0.05, 0) is 67.1 Å². The van der Waals surface area contributed by atoms with E-state index in [1.165, 1.54) is 0 Å². The number of hydrogen-bond donors (Lipinski definition) is 0. The molecular weight excluding hydrogens is 334 g/mol.